The second-order valence-corrected chi connectivity index (χ2v) is 4.85. The minimum absolute atomic E-state index is 0.0939. The Bertz CT molecular complexity index is 826. The van der Waals surface area contributed by atoms with Gasteiger partial charge in [-0.3, -0.25) is 0 Å². The van der Waals surface area contributed by atoms with Crippen LogP contribution < -0.4 is 0 Å². The highest BCUT2D eigenvalue weighted by Crippen LogP contribution is 2.18. The minimum atomic E-state index is -1.18. The molecule has 0 aliphatic rings. The Morgan fingerprint density at radius 2 is 1.91 bits per heavy atom. The van der Waals surface area contributed by atoms with Crippen molar-refractivity contribution in [1.82, 2.24) is 4.98 Å². The Balaban J connectivity index is 1.66. The molecule has 0 atom stereocenters. The highest BCUT2D eigenvalue weighted by Gasteiger charge is 2.16. The number of H-pyrrole nitrogens is 1. The van der Waals surface area contributed by atoms with Gasteiger partial charge < -0.3 is 9.72 Å². The van der Waals surface area contributed by atoms with Crippen LogP contribution >= 0.6 is 0 Å². The van der Waals surface area contributed by atoms with Crippen molar-refractivity contribution in [3.05, 3.63) is 71.4 Å². The maximum absolute atomic E-state index is 13.5. The molecule has 5 heteroatoms. The van der Waals surface area contributed by atoms with E-state index in [9.17, 15) is 13.6 Å². The molecule has 2 aromatic carbocycles. The van der Waals surface area contributed by atoms with Crippen molar-refractivity contribution in [2.45, 2.75) is 6.42 Å². The third-order valence-electron chi connectivity index (χ3n) is 3.45. The molecule has 0 aliphatic carbocycles. The minimum Gasteiger partial charge on any atom is -0.462 e. The van der Waals surface area contributed by atoms with Crippen LogP contribution in [0.5, 0.6) is 0 Å². The highest BCUT2D eigenvalue weighted by molar-refractivity contribution is 5.89. The Morgan fingerprint density at radius 3 is 2.77 bits per heavy atom. The zero-order valence-corrected chi connectivity index (χ0v) is 11.6. The fourth-order valence-electron chi connectivity index (χ4n) is 2.33. The van der Waals surface area contributed by atoms with E-state index in [1.165, 1.54) is 12.1 Å². The topological polar surface area (TPSA) is 42.1 Å². The SMILES string of the molecule is O=C(OCCc1c[nH]c2ccccc12)c1cccc(F)c1F. The lowest BCUT2D eigenvalue weighted by Crippen LogP contribution is -2.10. The molecule has 0 saturated carbocycles. The van der Waals surface area contributed by atoms with Gasteiger partial charge in [0.15, 0.2) is 11.6 Å². The van der Waals surface area contributed by atoms with Crippen LogP contribution in [0.25, 0.3) is 10.9 Å². The number of carbonyl (C=O) groups is 1. The van der Waals surface area contributed by atoms with Crippen LogP contribution in [0.15, 0.2) is 48.7 Å². The lowest BCUT2D eigenvalue weighted by Gasteiger charge is -2.05. The molecule has 3 rings (SSSR count). The predicted molar refractivity (Wildman–Crippen MR) is 78.6 cm³/mol. The molecule has 3 nitrogen and oxygen atoms in total. The Hall–Kier alpha value is -2.69. The molecule has 0 saturated heterocycles. The van der Waals surface area contributed by atoms with Crippen LogP contribution in [0, 0.1) is 11.6 Å². The highest BCUT2D eigenvalue weighted by atomic mass is 19.2. The molecular weight excluding hydrogens is 288 g/mol. The molecule has 22 heavy (non-hydrogen) atoms. The lowest BCUT2D eigenvalue weighted by atomic mass is 10.1. The zero-order chi connectivity index (χ0) is 15.5. The molecule has 3 aromatic rings. The van der Waals surface area contributed by atoms with Crippen molar-refractivity contribution >= 4 is 16.9 Å². The molecule has 0 amide bonds. The molecule has 0 bridgehead atoms. The number of esters is 1. The normalized spacial score (nSPS) is 10.8. The maximum Gasteiger partial charge on any atom is 0.341 e. The number of benzene rings is 2. The van der Waals surface area contributed by atoms with Gasteiger partial charge in [-0.15, -0.1) is 0 Å². The van der Waals surface area contributed by atoms with Crippen LogP contribution in [0.2, 0.25) is 0 Å². The number of hydrogen-bond acceptors (Lipinski definition) is 2. The number of para-hydroxylation sites is 1. The van der Waals surface area contributed by atoms with E-state index < -0.39 is 17.6 Å². The summed E-state index contributed by atoms with van der Waals surface area (Å²) in [5.41, 5.74) is 1.61. The first kappa shape index (κ1) is 14.3. The van der Waals surface area contributed by atoms with Gasteiger partial charge in [-0.1, -0.05) is 24.3 Å². The van der Waals surface area contributed by atoms with Gasteiger partial charge in [0, 0.05) is 23.5 Å². The second-order valence-electron chi connectivity index (χ2n) is 4.85. The largest absolute Gasteiger partial charge is 0.462 e. The molecule has 0 fully saturated rings. The van der Waals surface area contributed by atoms with E-state index in [-0.39, 0.29) is 12.2 Å². The average Bonchev–Trinajstić information content (AvgIpc) is 2.93. The van der Waals surface area contributed by atoms with Crippen molar-refractivity contribution in [2.24, 2.45) is 0 Å². The number of halogens is 2. The van der Waals surface area contributed by atoms with Crippen LogP contribution in [0.1, 0.15) is 15.9 Å². The molecule has 1 heterocycles. The first-order valence-corrected chi connectivity index (χ1v) is 6.83. The van der Waals surface area contributed by atoms with E-state index in [0.29, 0.717) is 6.42 Å². The summed E-state index contributed by atoms with van der Waals surface area (Å²) in [7, 11) is 0. The van der Waals surface area contributed by atoms with E-state index in [1.54, 1.807) is 0 Å². The molecule has 0 aliphatic heterocycles. The summed E-state index contributed by atoms with van der Waals surface area (Å²) in [4.78, 5) is 14.9. The molecule has 0 radical (unpaired) electrons. The van der Waals surface area contributed by atoms with E-state index in [4.69, 9.17) is 4.74 Å². The standard InChI is InChI=1S/C17H13F2NO2/c18-14-6-3-5-13(16(14)19)17(21)22-9-8-11-10-20-15-7-2-1-4-12(11)15/h1-7,10,20H,8-9H2. The smallest absolute Gasteiger partial charge is 0.341 e. The lowest BCUT2D eigenvalue weighted by molar-refractivity contribution is 0.0503. The van der Waals surface area contributed by atoms with Crippen molar-refractivity contribution in [3.63, 3.8) is 0 Å². The summed E-state index contributed by atoms with van der Waals surface area (Å²) in [6, 6.07) is 11.2. The van der Waals surface area contributed by atoms with Crippen molar-refractivity contribution < 1.29 is 18.3 Å². The zero-order valence-electron chi connectivity index (χ0n) is 11.6. The molecule has 112 valence electrons. The van der Waals surface area contributed by atoms with Gasteiger partial charge in [-0.25, -0.2) is 13.6 Å². The molecule has 1 aromatic heterocycles. The van der Waals surface area contributed by atoms with Gasteiger partial charge in [0.25, 0.3) is 0 Å². The Labute approximate surface area is 125 Å². The summed E-state index contributed by atoms with van der Waals surface area (Å²) in [6.07, 6.45) is 2.34. The summed E-state index contributed by atoms with van der Waals surface area (Å²) in [5, 5.41) is 1.05. The molecule has 0 unspecified atom stereocenters. The van der Waals surface area contributed by atoms with Gasteiger partial charge in [0.05, 0.1) is 12.2 Å². The number of aromatic amines is 1. The summed E-state index contributed by atoms with van der Waals surface area (Å²) < 4.78 is 31.6. The van der Waals surface area contributed by atoms with Crippen molar-refractivity contribution in [1.29, 1.82) is 0 Å². The molecule has 1 N–H and O–H groups in total. The second kappa shape index (κ2) is 5.97. The number of aromatic nitrogens is 1. The maximum atomic E-state index is 13.5. The summed E-state index contributed by atoms with van der Waals surface area (Å²) >= 11 is 0. The van der Waals surface area contributed by atoms with Crippen LogP contribution in [-0.4, -0.2) is 17.6 Å². The molecule has 0 spiro atoms. The quantitative estimate of drug-likeness (QED) is 0.744. The fraction of sp³-hybridized carbons (Fsp3) is 0.118. The number of rotatable bonds is 4. The first-order valence-electron chi connectivity index (χ1n) is 6.83. The van der Waals surface area contributed by atoms with Gasteiger partial charge in [-0.2, -0.15) is 0 Å². The van der Waals surface area contributed by atoms with E-state index in [0.717, 1.165) is 22.5 Å². The number of ether oxygens (including phenoxy) is 1. The Kier molecular flexibility index (Phi) is 3.87. The third-order valence-corrected chi connectivity index (χ3v) is 3.45. The van der Waals surface area contributed by atoms with Gasteiger partial charge >= 0.3 is 5.97 Å². The fourth-order valence-corrected chi connectivity index (χ4v) is 2.33. The van der Waals surface area contributed by atoms with Crippen LogP contribution in [-0.2, 0) is 11.2 Å². The molecular formula is C17H13F2NO2. The van der Waals surface area contributed by atoms with E-state index in [2.05, 4.69) is 4.98 Å². The van der Waals surface area contributed by atoms with Gasteiger partial charge in [-0.05, 0) is 23.8 Å². The van der Waals surface area contributed by atoms with Crippen LogP contribution in [0.4, 0.5) is 8.78 Å². The van der Waals surface area contributed by atoms with Crippen molar-refractivity contribution in [2.75, 3.05) is 6.61 Å². The number of hydrogen-bond donors (Lipinski definition) is 1. The van der Waals surface area contributed by atoms with Crippen LogP contribution in [0.3, 0.4) is 0 Å². The number of fused-ring (bicyclic) bond motifs is 1. The van der Waals surface area contributed by atoms with Crippen molar-refractivity contribution in [3.8, 4) is 0 Å². The Morgan fingerprint density at radius 1 is 1.09 bits per heavy atom. The first-order chi connectivity index (χ1) is 10.7. The van der Waals surface area contributed by atoms with E-state index >= 15 is 0 Å². The monoisotopic (exact) mass is 301 g/mol. The van der Waals surface area contributed by atoms with Gasteiger partial charge in [0.1, 0.15) is 0 Å². The summed E-state index contributed by atoms with van der Waals surface area (Å²) in [5.74, 6) is -3.11. The number of nitrogens with one attached hydrogen (secondary N) is 1. The van der Waals surface area contributed by atoms with E-state index in [1.807, 2.05) is 30.5 Å². The number of carbonyl (C=O) groups excluding carboxylic acids is 1. The van der Waals surface area contributed by atoms with Gasteiger partial charge in [0.2, 0.25) is 0 Å². The predicted octanol–water partition coefficient (Wildman–Crippen LogP) is 3.85. The summed E-state index contributed by atoms with van der Waals surface area (Å²) in [6.45, 7) is 0.0939. The average molecular weight is 301 g/mol. The third kappa shape index (κ3) is 2.70.